The average Bonchev–Trinajstić information content (AvgIpc) is 3.16. The van der Waals surface area contributed by atoms with Gasteiger partial charge in [0.2, 0.25) is 0 Å². The van der Waals surface area contributed by atoms with E-state index in [9.17, 15) is 4.79 Å². The number of hydrogen-bond acceptors (Lipinski definition) is 2. The summed E-state index contributed by atoms with van der Waals surface area (Å²) >= 11 is 0. The first kappa shape index (κ1) is 20.4. The number of carbonyl (C=O) groups is 1. The summed E-state index contributed by atoms with van der Waals surface area (Å²) < 4.78 is 8.22. The number of urea groups is 1. The number of ether oxygens (including phenoxy) is 1. The SMILES string of the molecule is CCn1c2ccccc2c2cc(NC(=O)N3CCC(COc4ccccc4)CC3)ccc21. The maximum Gasteiger partial charge on any atom is 0.321 e. The number of carbonyl (C=O) groups excluding carboxylic acids is 1. The lowest BCUT2D eigenvalue weighted by Crippen LogP contribution is -2.42. The van der Waals surface area contributed by atoms with Crippen LogP contribution in [0.25, 0.3) is 21.8 Å². The number of amides is 2. The predicted octanol–water partition coefficient (Wildman–Crippen LogP) is 6.14. The number of fused-ring (bicyclic) bond motifs is 3. The first-order chi connectivity index (χ1) is 15.7. The molecule has 164 valence electrons. The Balaban J connectivity index is 1.22. The van der Waals surface area contributed by atoms with E-state index in [0.717, 1.165) is 43.9 Å². The molecule has 5 heteroatoms. The van der Waals surface area contributed by atoms with Gasteiger partial charge in [-0.3, -0.25) is 0 Å². The van der Waals surface area contributed by atoms with Crippen molar-refractivity contribution >= 4 is 33.5 Å². The van der Waals surface area contributed by atoms with E-state index in [2.05, 4.69) is 53.2 Å². The molecule has 0 bridgehead atoms. The van der Waals surface area contributed by atoms with E-state index in [0.29, 0.717) is 12.5 Å². The van der Waals surface area contributed by atoms with E-state index >= 15 is 0 Å². The molecule has 5 nitrogen and oxygen atoms in total. The molecule has 0 aliphatic carbocycles. The van der Waals surface area contributed by atoms with Gasteiger partial charge in [-0.1, -0.05) is 36.4 Å². The average molecular weight is 428 g/mol. The molecular weight excluding hydrogens is 398 g/mol. The van der Waals surface area contributed by atoms with Crippen molar-refractivity contribution in [3.8, 4) is 5.75 Å². The fourth-order valence-electron chi connectivity index (χ4n) is 4.71. The van der Waals surface area contributed by atoms with Crippen LogP contribution in [0.2, 0.25) is 0 Å². The molecule has 5 rings (SSSR count). The molecular formula is C27H29N3O2. The molecule has 2 amide bonds. The third kappa shape index (κ3) is 4.03. The number of piperidine rings is 1. The number of nitrogens with zero attached hydrogens (tertiary/aromatic N) is 2. The molecule has 32 heavy (non-hydrogen) atoms. The normalized spacial score (nSPS) is 14.7. The number of nitrogens with one attached hydrogen (secondary N) is 1. The van der Waals surface area contributed by atoms with Crippen LogP contribution in [0, 0.1) is 5.92 Å². The maximum absolute atomic E-state index is 12.9. The molecule has 0 radical (unpaired) electrons. The van der Waals surface area contributed by atoms with Crippen molar-refractivity contribution in [2.24, 2.45) is 5.92 Å². The van der Waals surface area contributed by atoms with Gasteiger partial charge in [-0.2, -0.15) is 0 Å². The fourth-order valence-corrected chi connectivity index (χ4v) is 4.71. The van der Waals surface area contributed by atoms with Crippen LogP contribution in [0.3, 0.4) is 0 Å². The summed E-state index contributed by atoms with van der Waals surface area (Å²) in [6, 6.07) is 24.6. The zero-order valence-corrected chi connectivity index (χ0v) is 18.5. The Labute approximate surface area is 188 Å². The molecule has 1 aliphatic rings. The van der Waals surface area contributed by atoms with Gasteiger partial charge in [-0.15, -0.1) is 0 Å². The Morgan fingerprint density at radius 1 is 0.938 bits per heavy atom. The topological polar surface area (TPSA) is 46.5 Å². The summed E-state index contributed by atoms with van der Waals surface area (Å²) in [5.41, 5.74) is 3.27. The number of anilines is 1. The molecule has 3 aromatic carbocycles. The number of rotatable bonds is 5. The second kappa shape index (κ2) is 8.95. The minimum Gasteiger partial charge on any atom is -0.493 e. The van der Waals surface area contributed by atoms with Gasteiger partial charge in [0.05, 0.1) is 6.61 Å². The van der Waals surface area contributed by atoms with E-state index in [1.165, 1.54) is 21.8 Å². The Kier molecular flexibility index (Phi) is 5.71. The lowest BCUT2D eigenvalue weighted by atomic mass is 9.98. The summed E-state index contributed by atoms with van der Waals surface area (Å²) in [5.74, 6) is 1.39. The van der Waals surface area contributed by atoms with Crippen molar-refractivity contribution in [2.75, 3.05) is 25.0 Å². The largest absolute Gasteiger partial charge is 0.493 e. The lowest BCUT2D eigenvalue weighted by Gasteiger charge is -2.32. The molecule has 0 atom stereocenters. The highest BCUT2D eigenvalue weighted by Crippen LogP contribution is 2.31. The van der Waals surface area contributed by atoms with Crippen molar-refractivity contribution in [3.63, 3.8) is 0 Å². The van der Waals surface area contributed by atoms with Crippen LogP contribution in [-0.4, -0.2) is 35.2 Å². The van der Waals surface area contributed by atoms with Crippen LogP contribution < -0.4 is 10.1 Å². The number of hydrogen-bond donors (Lipinski definition) is 1. The summed E-state index contributed by atoms with van der Waals surface area (Å²) in [7, 11) is 0. The van der Waals surface area contributed by atoms with Crippen molar-refractivity contribution in [1.29, 1.82) is 0 Å². The Hall–Kier alpha value is -3.47. The van der Waals surface area contributed by atoms with Crippen LogP contribution in [0.1, 0.15) is 19.8 Å². The van der Waals surface area contributed by atoms with Crippen molar-refractivity contribution in [1.82, 2.24) is 9.47 Å². The molecule has 1 aliphatic heterocycles. The van der Waals surface area contributed by atoms with Gasteiger partial charge >= 0.3 is 6.03 Å². The van der Waals surface area contributed by atoms with Crippen molar-refractivity contribution in [3.05, 3.63) is 72.8 Å². The number of aryl methyl sites for hydroxylation is 1. The van der Waals surface area contributed by atoms with Crippen molar-refractivity contribution < 1.29 is 9.53 Å². The van der Waals surface area contributed by atoms with Crippen LogP contribution in [0.15, 0.2) is 72.8 Å². The van der Waals surface area contributed by atoms with E-state index in [1.54, 1.807) is 0 Å². The van der Waals surface area contributed by atoms with E-state index < -0.39 is 0 Å². The van der Waals surface area contributed by atoms with Gasteiger partial charge in [-0.05, 0) is 62.1 Å². The van der Waals surface area contributed by atoms with Gasteiger partial charge in [0, 0.05) is 47.1 Å². The molecule has 1 fully saturated rings. The van der Waals surface area contributed by atoms with Crippen molar-refractivity contribution in [2.45, 2.75) is 26.3 Å². The standard InChI is InChI=1S/C27H29N3O2/c1-2-30-25-11-7-6-10-23(25)24-18-21(12-13-26(24)30)28-27(31)29-16-14-20(15-17-29)19-32-22-8-4-3-5-9-22/h3-13,18,20H,2,14-17,19H2,1H3,(H,28,31). The summed E-state index contributed by atoms with van der Waals surface area (Å²) in [4.78, 5) is 14.8. The highest BCUT2D eigenvalue weighted by molar-refractivity contribution is 6.09. The maximum atomic E-state index is 12.9. The summed E-state index contributed by atoms with van der Waals surface area (Å²) in [5, 5.41) is 5.51. The zero-order chi connectivity index (χ0) is 21.9. The van der Waals surface area contributed by atoms with Crippen LogP contribution in [0.5, 0.6) is 5.75 Å². The molecule has 0 unspecified atom stereocenters. The first-order valence-corrected chi connectivity index (χ1v) is 11.5. The van der Waals surface area contributed by atoms with E-state index in [1.807, 2.05) is 41.3 Å². The molecule has 0 spiro atoms. The van der Waals surface area contributed by atoms with Crippen LogP contribution in [0.4, 0.5) is 10.5 Å². The van der Waals surface area contributed by atoms with E-state index in [-0.39, 0.29) is 6.03 Å². The van der Waals surface area contributed by atoms with Crippen LogP contribution in [-0.2, 0) is 6.54 Å². The Morgan fingerprint density at radius 3 is 2.44 bits per heavy atom. The molecule has 1 saturated heterocycles. The Bertz CT molecular complexity index is 1220. The lowest BCUT2D eigenvalue weighted by molar-refractivity contribution is 0.152. The number of benzene rings is 3. The monoisotopic (exact) mass is 427 g/mol. The zero-order valence-electron chi connectivity index (χ0n) is 18.5. The van der Waals surface area contributed by atoms with Gasteiger partial charge < -0.3 is 19.5 Å². The minimum absolute atomic E-state index is 0.0222. The molecule has 2 heterocycles. The smallest absolute Gasteiger partial charge is 0.321 e. The Morgan fingerprint density at radius 2 is 1.66 bits per heavy atom. The second-order valence-electron chi connectivity index (χ2n) is 8.48. The number of para-hydroxylation sites is 2. The van der Waals surface area contributed by atoms with Gasteiger partial charge in [0.1, 0.15) is 5.75 Å². The molecule has 1 N–H and O–H groups in total. The molecule has 0 saturated carbocycles. The number of likely N-dealkylation sites (tertiary alicyclic amines) is 1. The fraction of sp³-hybridized carbons (Fsp3) is 0.296. The highest BCUT2D eigenvalue weighted by atomic mass is 16.5. The summed E-state index contributed by atoms with van der Waals surface area (Å²) in [6.07, 6.45) is 1.92. The predicted molar refractivity (Wildman–Crippen MR) is 130 cm³/mol. The quantitative estimate of drug-likeness (QED) is 0.416. The molecule has 1 aromatic heterocycles. The first-order valence-electron chi connectivity index (χ1n) is 11.5. The van der Waals surface area contributed by atoms with Gasteiger partial charge in [-0.25, -0.2) is 4.79 Å². The second-order valence-corrected chi connectivity index (χ2v) is 8.48. The third-order valence-corrected chi connectivity index (χ3v) is 6.47. The molecule has 4 aromatic rings. The van der Waals surface area contributed by atoms with Crippen LogP contribution >= 0.6 is 0 Å². The third-order valence-electron chi connectivity index (χ3n) is 6.47. The summed E-state index contributed by atoms with van der Waals surface area (Å²) in [6.45, 7) is 5.30. The van der Waals surface area contributed by atoms with E-state index in [4.69, 9.17) is 4.74 Å². The minimum atomic E-state index is -0.0222. The van der Waals surface area contributed by atoms with Gasteiger partial charge in [0.25, 0.3) is 0 Å². The van der Waals surface area contributed by atoms with Gasteiger partial charge in [0.15, 0.2) is 0 Å². The number of aromatic nitrogens is 1. The highest BCUT2D eigenvalue weighted by Gasteiger charge is 2.23.